The Kier molecular flexibility index (Phi) is 8.86. The molecule has 1 aliphatic carbocycles. The Hall–Kier alpha value is -3.23. The first kappa shape index (κ1) is 28.3. The third kappa shape index (κ3) is 6.08. The highest BCUT2D eigenvalue weighted by Gasteiger charge is 2.48. The molecule has 2 N–H and O–H groups in total. The minimum atomic E-state index is -1.20. The highest BCUT2D eigenvalue weighted by atomic mass is 19.1. The molecule has 0 amide bonds. The lowest BCUT2D eigenvalue weighted by Crippen LogP contribution is -2.62. The number of rotatable bonds is 8. The second kappa shape index (κ2) is 12.5. The standard InChI is InChI=1S/C31H38FN2O3.CH2O2/c32-27-12-7-13-28(18-27)36-22-24-20-34(16-14-23(24)15-17-34)21-29-19-33-30(37-29)31(35,25-8-3-1-4-9-25)26-10-5-2-6-11-26;2-1-3/h1,3-4,7-9,12-13,18-19,23-24,26,35H,2,5-6,10-11,14-17,20-22H2;1H,(H,2,3)/q+1;/t23?,24?,31-,34?;/m0./s1. The van der Waals surface area contributed by atoms with Gasteiger partial charge in [0.05, 0.1) is 32.4 Å². The molecule has 4 fully saturated rings. The van der Waals surface area contributed by atoms with Gasteiger partial charge in [-0.1, -0.05) is 55.7 Å². The van der Waals surface area contributed by atoms with Crippen molar-refractivity contribution in [3.8, 4) is 5.75 Å². The van der Waals surface area contributed by atoms with Crippen molar-refractivity contribution < 1.29 is 33.0 Å². The van der Waals surface area contributed by atoms with Crippen LogP contribution in [0.5, 0.6) is 5.75 Å². The van der Waals surface area contributed by atoms with E-state index in [0.29, 0.717) is 30.1 Å². The molecule has 8 heteroatoms. The number of nitrogens with zero attached hydrogens (tertiary/aromatic N) is 2. The molecule has 1 saturated carbocycles. The number of benzene rings is 2. The zero-order valence-electron chi connectivity index (χ0n) is 23.0. The first-order chi connectivity index (χ1) is 19.5. The van der Waals surface area contributed by atoms with Crippen LogP contribution in [-0.2, 0) is 16.9 Å². The number of carboxylic acid groups (broad SMARTS) is 1. The van der Waals surface area contributed by atoms with E-state index in [0.717, 1.165) is 67.7 Å². The largest absolute Gasteiger partial charge is 0.493 e. The fourth-order valence-electron chi connectivity index (χ4n) is 7.24. The van der Waals surface area contributed by atoms with Crippen LogP contribution in [0.15, 0.2) is 65.2 Å². The van der Waals surface area contributed by atoms with Crippen LogP contribution in [0.4, 0.5) is 4.39 Å². The van der Waals surface area contributed by atoms with Crippen LogP contribution in [0, 0.1) is 23.6 Å². The number of oxazole rings is 1. The Balaban J connectivity index is 0.00000103. The molecular weight excluding hydrogens is 511 g/mol. The lowest BCUT2D eigenvalue weighted by molar-refractivity contribution is -0.960. The first-order valence-corrected chi connectivity index (χ1v) is 14.5. The quantitative estimate of drug-likeness (QED) is 0.273. The summed E-state index contributed by atoms with van der Waals surface area (Å²) in [6.07, 6.45) is 9.65. The fraction of sp³-hybridized carbons (Fsp3) is 0.500. The van der Waals surface area contributed by atoms with Crippen LogP contribution in [0.1, 0.15) is 62.2 Å². The van der Waals surface area contributed by atoms with Gasteiger partial charge >= 0.3 is 0 Å². The molecule has 2 atom stereocenters. The summed E-state index contributed by atoms with van der Waals surface area (Å²) < 4.78 is 27.0. The van der Waals surface area contributed by atoms with Crippen LogP contribution in [0.3, 0.4) is 0 Å². The molecule has 7 nitrogen and oxygen atoms in total. The molecule has 3 aromatic rings. The molecule has 3 saturated heterocycles. The monoisotopic (exact) mass is 551 g/mol. The maximum Gasteiger partial charge on any atom is 0.290 e. The number of aromatic nitrogens is 1. The third-order valence-electron chi connectivity index (χ3n) is 9.28. The van der Waals surface area contributed by atoms with E-state index in [2.05, 4.69) is 0 Å². The van der Waals surface area contributed by atoms with Crippen molar-refractivity contribution in [3.05, 3.63) is 83.8 Å². The summed E-state index contributed by atoms with van der Waals surface area (Å²) >= 11 is 0. The van der Waals surface area contributed by atoms with Crippen molar-refractivity contribution in [1.29, 1.82) is 0 Å². The predicted octanol–water partition coefficient (Wildman–Crippen LogP) is 5.77. The number of piperidine rings is 3. The number of hydrogen-bond donors (Lipinski definition) is 2. The summed E-state index contributed by atoms with van der Waals surface area (Å²) in [5.74, 6) is 2.84. The molecule has 40 heavy (non-hydrogen) atoms. The molecule has 0 radical (unpaired) electrons. The number of quaternary nitrogens is 1. The molecule has 2 bridgehead atoms. The highest BCUT2D eigenvalue weighted by molar-refractivity contribution is 5.32. The van der Waals surface area contributed by atoms with Crippen molar-refractivity contribution in [3.63, 3.8) is 0 Å². The Labute approximate surface area is 235 Å². The van der Waals surface area contributed by atoms with E-state index in [1.54, 1.807) is 6.07 Å². The van der Waals surface area contributed by atoms with Crippen LogP contribution in [-0.4, -0.2) is 52.4 Å². The molecule has 4 aliphatic rings. The average Bonchev–Trinajstić information content (AvgIpc) is 3.46. The van der Waals surface area contributed by atoms with Crippen LogP contribution in [0.25, 0.3) is 0 Å². The predicted molar refractivity (Wildman–Crippen MR) is 148 cm³/mol. The van der Waals surface area contributed by atoms with Gasteiger partial charge < -0.3 is 23.9 Å². The molecule has 214 valence electrons. The Morgan fingerprint density at radius 3 is 2.48 bits per heavy atom. The molecular formula is C32H40FN2O5+. The van der Waals surface area contributed by atoms with Gasteiger partial charge in [-0.05, 0) is 36.5 Å². The lowest BCUT2D eigenvalue weighted by Gasteiger charge is -2.52. The van der Waals surface area contributed by atoms with Crippen molar-refractivity contribution in [2.75, 3.05) is 26.2 Å². The molecule has 0 spiro atoms. The van der Waals surface area contributed by atoms with Crippen LogP contribution in [0.2, 0.25) is 0 Å². The minimum Gasteiger partial charge on any atom is -0.493 e. The van der Waals surface area contributed by atoms with E-state index >= 15 is 0 Å². The summed E-state index contributed by atoms with van der Waals surface area (Å²) in [5, 5.41) is 19.1. The zero-order valence-corrected chi connectivity index (χ0v) is 23.0. The molecule has 4 heterocycles. The molecule has 1 unspecified atom stereocenters. The molecule has 1 aromatic heterocycles. The van der Waals surface area contributed by atoms with Gasteiger partial charge in [-0.15, -0.1) is 0 Å². The van der Waals surface area contributed by atoms with E-state index in [1.165, 1.54) is 31.4 Å². The second-order valence-electron chi connectivity index (χ2n) is 11.7. The smallest absolute Gasteiger partial charge is 0.290 e. The summed E-state index contributed by atoms with van der Waals surface area (Å²) in [6, 6.07) is 16.4. The van der Waals surface area contributed by atoms with E-state index in [9.17, 15) is 9.50 Å². The molecule has 7 rings (SSSR count). The normalized spacial score (nSPS) is 25.9. The second-order valence-corrected chi connectivity index (χ2v) is 11.7. The summed E-state index contributed by atoms with van der Waals surface area (Å²) in [5.41, 5.74) is -0.327. The van der Waals surface area contributed by atoms with Crippen molar-refractivity contribution in [2.24, 2.45) is 17.8 Å². The third-order valence-corrected chi connectivity index (χ3v) is 9.28. The highest BCUT2D eigenvalue weighted by Crippen LogP contribution is 2.44. The van der Waals surface area contributed by atoms with Crippen molar-refractivity contribution in [2.45, 2.75) is 57.1 Å². The summed E-state index contributed by atoms with van der Waals surface area (Å²) in [4.78, 5) is 13.1. The Bertz CT molecular complexity index is 1240. The van der Waals surface area contributed by atoms with Gasteiger partial charge in [-0.25, -0.2) is 9.37 Å². The topological polar surface area (TPSA) is 92.8 Å². The van der Waals surface area contributed by atoms with Gasteiger partial charge in [0.25, 0.3) is 6.47 Å². The first-order valence-electron chi connectivity index (χ1n) is 14.5. The zero-order chi connectivity index (χ0) is 28.0. The van der Waals surface area contributed by atoms with Crippen molar-refractivity contribution >= 4 is 6.47 Å². The van der Waals surface area contributed by atoms with E-state index in [-0.39, 0.29) is 18.2 Å². The molecule has 3 aliphatic heterocycles. The van der Waals surface area contributed by atoms with E-state index < -0.39 is 5.60 Å². The minimum absolute atomic E-state index is 0.109. The SMILES string of the molecule is O=CO.O[C@](c1ccccc1)(c1ncc(C[N+]23CCC(CC2)C(COc2cccc(F)c2)C3)o1)C1CCCCC1. The number of aliphatic hydroxyl groups is 1. The summed E-state index contributed by atoms with van der Waals surface area (Å²) in [7, 11) is 0. The number of halogens is 1. The number of fused-ring (bicyclic) bond motifs is 3. The average molecular weight is 552 g/mol. The van der Waals surface area contributed by atoms with E-state index in [4.69, 9.17) is 24.0 Å². The maximum absolute atomic E-state index is 13.6. The Morgan fingerprint density at radius 2 is 1.77 bits per heavy atom. The lowest BCUT2D eigenvalue weighted by atomic mass is 9.73. The summed E-state index contributed by atoms with van der Waals surface area (Å²) in [6.45, 7) is 4.43. The van der Waals surface area contributed by atoms with Gasteiger partial charge in [0.2, 0.25) is 5.89 Å². The maximum atomic E-state index is 13.6. The fourth-order valence-corrected chi connectivity index (χ4v) is 7.24. The van der Waals surface area contributed by atoms with Crippen LogP contribution < -0.4 is 4.74 Å². The van der Waals surface area contributed by atoms with Gasteiger partial charge in [0.15, 0.2) is 11.4 Å². The number of carbonyl (C=O) groups is 1. The van der Waals surface area contributed by atoms with Gasteiger partial charge in [0, 0.05) is 30.7 Å². The number of hydrogen-bond acceptors (Lipinski definition) is 5. The Morgan fingerprint density at radius 1 is 1.05 bits per heavy atom. The van der Waals surface area contributed by atoms with Gasteiger partial charge in [-0.3, -0.25) is 4.79 Å². The number of ether oxygens (including phenoxy) is 1. The van der Waals surface area contributed by atoms with Crippen molar-refractivity contribution in [1.82, 2.24) is 4.98 Å². The van der Waals surface area contributed by atoms with Crippen LogP contribution >= 0.6 is 0 Å². The molecule has 2 aromatic carbocycles. The van der Waals surface area contributed by atoms with Gasteiger partial charge in [0.1, 0.15) is 18.1 Å². The van der Waals surface area contributed by atoms with Gasteiger partial charge in [-0.2, -0.15) is 0 Å². The van der Waals surface area contributed by atoms with E-state index in [1.807, 2.05) is 42.6 Å².